The Morgan fingerprint density at radius 1 is 1.61 bits per heavy atom. The van der Waals surface area contributed by atoms with Gasteiger partial charge < -0.3 is 15.5 Å². The molecular formula is C13H19N5. The Kier molecular flexibility index (Phi) is 3.68. The molecule has 1 fully saturated rings. The summed E-state index contributed by atoms with van der Waals surface area (Å²) < 4.78 is 0. The maximum atomic E-state index is 8.93. The van der Waals surface area contributed by atoms with E-state index in [2.05, 4.69) is 21.8 Å². The monoisotopic (exact) mass is 245 g/mol. The molecule has 18 heavy (non-hydrogen) atoms. The van der Waals surface area contributed by atoms with Crippen LogP contribution in [0.5, 0.6) is 0 Å². The summed E-state index contributed by atoms with van der Waals surface area (Å²) in [5, 5.41) is 8.93. The lowest BCUT2D eigenvalue weighted by atomic mass is 10.1. The summed E-state index contributed by atoms with van der Waals surface area (Å²) in [4.78, 5) is 8.72. The van der Waals surface area contributed by atoms with Crippen LogP contribution >= 0.6 is 0 Å². The van der Waals surface area contributed by atoms with E-state index in [9.17, 15) is 0 Å². The Bertz CT molecular complexity index is 465. The lowest BCUT2D eigenvalue weighted by Crippen LogP contribution is -2.28. The number of rotatable bonds is 3. The van der Waals surface area contributed by atoms with Gasteiger partial charge in [0, 0.05) is 20.1 Å². The van der Waals surface area contributed by atoms with E-state index in [1.54, 1.807) is 6.07 Å². The summed E-state index contributed by atoms with van der Waals surface area (Å²) in [6.07, 6.45) is 1.22. The normalized spacial score (nSPS) is 19.7. The number of nitrogens with two attached hydrogens (primary N) is 1. The van der Waals surface area contributed by atoms with E-state index >= 15 is 0 Å². The van der Waals surface area contributed by atoms with Crippen LogP contribution in [0.4, 0.5) is 11.5 Å². The minimum absolute atomic E-state index is 0.308. The standard InChI is InChI=1S/C13H19N5/c1-17-6-5-10(8-17)9-18(2)13-4-3-11(15)12(7-14)16-13/h3-4,10H,5-6,8-9,15H2,1-2H3. The van der Waals surface area contributed by atoms with Gasteiger partial charge in [0.05, 0.1) is 5.69 Å². The zero-order valence-electron chi connectivity index (χ0n) is 10.9. The van der Waals surface area contributed by atoms with E-state index in [0.717, 1.165) is 25.5 Å². The first-order valence-corrected chi connectivity index (χ1v) is 6.16. The summed E-state index contributed by atoms with van der Waals surface area (Å²) in [7, 11) is 4.16. The summed E-state index contributed by atoms with van der Waals surface area (Å²) in [5.74, 6) is 1.49. The third-order valence-corrected chi connectivity index (χ3v) is 3.43. The summed E-state index contributed by atoms with van der Waals surface area (Å²) >= 11 is 0. The fraction of sp³-hybridized carbons (Fsp3) is 0.538. The van der Waals surface area contributed by atoms with Gasteiger partial charge in [-0.1, -0.05) is 0 Å². The number of aromatic nitrogens is 1. The zero-order valence-corrected chi connectivity index (χ0v) is 10.9. The third-order valence-electron chi connectivity index (χ3n) is 3.43. The maximum Gasteiger partial charge on any atom is 0.165 e. The van der Waals surface area contributed by atoms with Gasteiger partial charge in [-0.2, -0.15) is 5.26 Å². The number of nitrogen functional groups attached to an aromatic ring is 1. The van der Waals surface area contributed by atoms with Crippen molar-refractivity contribution in [1.29, 1.82) is 5.26 Å². The number of pyridine rings is 1. The van der Waals surface area contributed by atoms with Crippen LogP contribution in [0.25, 0.3) is 0 Å². The van der Waals surface area contributed by atoms with E-state index < -0.39 is 0 Å². The Balaban J connectivity index is 2.05. The Morgan fingerprint density at radius 2 is 2.39 bits per heavy atom. The molecule has 1 aliphatic heterocycles. The molecule has 1 aromatic heterocycles. The minimum Gasteiger partial charge on any atom is -0.396 e. The highest BCUT2D eigenvalue weighted by molar-refractivity contribution is 5.55. The molecular weight excluding hydrogens is 226 g/mol. The second-order valence-corrected chi connectivity index (χ2v) is 5.02. The van der Waals surface area contributed by atoms with Crippen LogP contribution in [0.2, 0.25) is 0 Å². The first-order chi connectivity index (χ1) is 8.60. The highest BCUT2D eigenvalue weighted by Crippen LogP contribution is 2.20. The molecule has 2 heterocycles. The lowest BCUT2D eigenvalue weighted by molar-refractivity contribution is 0.395. The first-order valence-electron chi connectivity index (χ1n) is 6.16. The van der Waals surface area contributed by atoms with Crippen molar-refractivity contribution in [3.63, 3.8) is 0 Å². The molecule has 5 nitrogen and oxygen atoms in total. The highest BCUT2D eigenvalue weighted by Gasteiger charge is 2.21. The molecule has 0 saturated carbocycles. The van der Waals surface area contributed by atoms with Crippen molar-refractivity contribution in [3.05, 3.63) is 17.8 Å². The van der Waals surface area contributed by atoms with E-state index in [0.29, 0.717) is 17.3 Å². The van der Waals surface area contributed by atoms with Crippen LogP contribution in [-0.4, -0.2) is 43.6 Å². The van der Waals surface area contributed by atoms with Gasteiger partial charge >= 0.3 is 0 Å². The van der Waals surface area contributed by atoms with Gasteiger partial charge in [0.1, 0.15) is 11.9 Å². The van der Waals surface area contributed by atoms with Crippen molar-refractivity contribution in [2.24, 2.45) is 5.92 Å². The van der Waals surface area contributed by atoms with Crippen LogP contribution in [0.15, 0.2) is 12.1 Å². The predicted molar refractivity (Wildman–Crippen MR) is 72.2 cm³/mol. The number of anilines is 2. The molecule has 0 radical (unpaired) electrons. The first kappa shape index (κ1) is 12.7. The molecule has 2 N–H and O–H groups in total. The second-order valence-electron chi connectivity index (χ2n) is 5.02. The fourth-order valence-corrected chi connectivity index (χ4v) is 2.42. The molecule has 0 aromatic carbocycles. The Morgan fingerprint density at radius 3 is 3.00 bits per heavy atom. The average molecular weight is 245 g/mol. The number of likely N-dealkylation sites (tertiary alicyclic amines) is 1. The van der Waals surface area contributed by atoms with Crippen LogP contribution in [0, 0.1) is 17.2 Å². The molecule has 5 heteroatoms. The maximum absolute atomic E-state index is 8.93. The minimum atomic E-state index is 0.308. The molecule has 0 aliphatic carbocycles. The molecule has 1 unspecified atom stereocenters. The van der Waals surface area contributed by atoms with Crippen molar-refractivity contribution in [2.45, 2.75) is 6.42 Å². The van der Waals surface area contributed by atoms with E-state index in [1.165, 1.54) is 6.42 Å². The molecule has 1 aliphatic rings. The molecule has 0 amide bonds. The SMILES string of the molecule is CN1CCC(CN(C)c2ccc(N)c(C#N)n2)C1. The van der Waals surface area contributed by atoms with Gasteiger partial charge in [0.25, 0.3) is 0 Å². The molecule has 0 spiro atoms. The fourth-order valence-electron chi connectivity index (χ4n) is 2.42. The van der Waals surface area contributed by atoms with E-state index in [-0.39, 0.29) is 0 Å². The Labute approximate surface area is 108 Å². The van der Waals surface area contributed by atoms with Gasteiger partial charge in [-0.15, -0.1) is 0 Å². The van der Waals surface area contributed by atoms with Crippen LogP contribution in [0.3, 0.4) is 0 Å². The van der Waals surface area contributed by atoms with Gasteiger partial charge in [0.15, 0.2) is 5.69 Å². The Hall–Kier alpha value is -1.80. The summed E-state index contributed by atoms with van der Waals surface area (Å²) in [6, 6.07) is 5.64. The largest absolute Gasteiger partial charge is 0.396 e. The number of nitriles is 1. The molecule has 2 rings (SSSR count). The highest BCUT2D eigenvalue weighted by atomic mass is 15.2. The second kappa shape index (κ2) is 5.23. The van der Waals surface area contributed by atoms with Gasteiger partial charge in [-0.3, -0.25) is 0 Å². The van der Waals surface area contributed by atoms with E-state index in [4.69, 9.17) is 11.0 Å². The molecule has 0 bridgehead atoms. The third kappa shape index (κ3) is 2.71. The summed E-state index contributed by atoms with van der Waals surface area (Å²) in [5.41, 5.74) is 6.42. The van der Waals surface area contributed by atoms with Crippen molar-refractivity contribution in [1.82, 2.24) is 9.88 Å². The zero-order chi connectivity index (χ0) is 13.1. The molecule has 1 aromatic rings. The molecule has 1 saturated heterocycles. The topological polar surface area (TPSA) is 69.2 Å². The smallest absolute Gasteiger partial charge is 0.165 e. The number of hydrogen-bond donors (Lipinski definition) is 1. The van der Waals surface area contributed by atoms with Crippen molar-refractivity contribution in [3.8, 4) is 6.07 Å². The predicted octanol–water partition coefficient (Wildman–Crippen LogP) is 0.923. The number of hydrogen-bond acceptors (Lipinski definition) is 5. The van der Waals surface area contributed by atoms with Gasteiger partial charge in [-0.05, 0) is 38.1 Å². The van der Waals surface area contributed by atoms with Crippen LogP contribution in [-0.2, 0) is 0 Å². The van der Waals surface area contributed by atoms with Crippen LogP contribution < -0.4 is 10.6 Å². The van der Waals surface area contributed by atoms with Gasteiger partial charge in [0.2, 0.25) is 0 Å². The van der Waals surface area contributed by atoms with Crippen LogP contribution in [0.1, 0.15) is 12.1 Å². The average Bonchev–Trinajstić information content (AvgIpc) is 2.75. The van der Waals surface area contributed by atoms with Gasteiger partial charge in [-0.25, -0.2) is 4.98 Å². The van der Waals surface area contributed by atoms with Crippen molar-refractivity contribution in [2.75, 3.05) is 44.4 Å². The van der Waals surface area contributed by atoms with Crippen molar-refractivity contribution >= 4 is 11.5 Å². The number of nitrogens with zero attached hydrogens (tertiary/aromatic N) is 4. The quantitative estimate of drug-likeness (QED) is 0.857. The van der Waals surface area contributed by atoms with E-state index in [1.807, 2.05) is 19.2 Å². The molecule has 96 valence electrons. The lowest BCUT2D eigenvalue weighted by Gasteiger charge is -2.22. The van der Waals surface area contributed by atoms with Crippen molar-refractivity contribution < 1.29 is 0 Å². The molecule has 1 atom stereocenters. The summed E-state index contributed by atoms with van der Waals surface area (Å²) in [6.45, 7) is 3.26.